The molecule has 6 nitrogen and oxygen atoms in total. The number of carbonyl (C=O) groups excluding carboxylic acids is 1. The Kier molecular flexibility index (Phi) is 7.05. The van der Waals surface area contributed by atoms with Gasteiger partial charge in [0.05, 0.1) is 16.3 Å². The highest BCUT2D eigenvalue weighted by molar-refractivity contribution is 6.38. The van der Waals surface area contributed by atoms with Crippen molar-refractivity contribution in [2.75, 3.05) is 5.32 Å². The summed E-state index contributed by atoms with van der Waals surface area (Å²) in [4.78, 5) is 16.1. The van der Waals surface area contributed by atoms with E-state index in [0.29, 0.717) is 21.4 Å². The lowest BCUT2D eigenvalue weighted by Crippen LogP contribution is -2.34. The summed E-state index contributed by atoms with van der Waals surface area (Å²) in [7, 11) is 0. The van der Waals surface area contributed by atoms with E-state index in [1.807, 2.05) is 54.6 Å². The van der Waals surface area contributed by atoms with Crippen LogP contribution in [0.3, 0.4) is 0 Å². The van der Waals surface area contributed by atoms with Crippen molar-refractivity contribution in [2.45, 2.75) is 13.0 Å². The van der Waals surface area contributed by atoms with E-state index in [9.17, 15) is 4.79 Å². The van der Waals surface area contributed by atoms with Gasteiger partial charge in [-0.25, -0.2) is 5.43 Å². The number of hydrogen-bond acceptors (Lipinski definition) is 5. The van der Waals surface area contributed by atoms with Crippen LogP contribution in [0.1, 0.15) is 12.5 Å². The predicted molar refractivity (Wildman–Crippen MR) is 116 cm³/mol. The Morgan fingerprint density at radius 2 is 1.76 bits per heavy atom. The van der Waals surface area contributed by atoms with Gasteiger partial charge < -0.3 is 10.1 Å². The number of amides is 1. The highest BCUT2D eigenvalue weighted by Gasteiger charge is 2.12. The predicted octanol–water partition coefficient (Wildman–Crippen LogP) is 5.13. The third-order valence-electron chi connectivity index (χ3n) is 3.85. The second-order valence-electron chi connectivity index (χ2n) is 6.06. The molecule has 2 N–H and O–H groups in total. The van der Waals surface area contributed by atoms with Crippen LogP contribution < -0.4 is 15.5 Å². The summed E-state index contributed by atoms with van der Waals surface area (Å²) >= 11 is 12.0. The molecule has 8 heteroatoms. The van der Waals surface area contributed by atoms with Gasteiger partial charge in [-0.3, -0.25) is 9.78 Å². The first-order valence-corrected chi connectivity index (χ1v) is 9.50. The second kappa shape index (κ2) is 9.91. The number of para-hydroxylation sites is 1. The van der Waals surface area contributed by atoms with E-state index in [0.717, 1.165) is 11.4 Å². The molecule has 0 spiro atoms. The van der Waals surface area contributed by atoms with Gasteiger partial charge in [-0.05, 0) is 31.2 Å². The van der Waals surface area contributed by atoms with E-state index in [4.69, 9.17) is 27.9 Å². The lowest BCUT2D eigenvalue weighted by molar-refractivity contribution is -0.121. The smallest absolute Gasteiger partial charge is 0.262 e. The van der Waals surface area contributed by atoms with Crippen molar-refractivity contribution in [3.05, 3.63) is 82.6 Å². The van der Waals surface area contributed by atoms with Crippen LogP contribution in [0.5, 0.6) is 11.5 Å². The molecule has 0 aliphatic heterocycles. The Morgan fingerprint density at radius 3 is 2.48 bits per heavy atom. The van der Waals surface area contributed by atoms with Crippen LogP contribution in [-0.2, 0) is 4.79 Å². The van der Waals surface area contributed by atoms with Crippen LogP contribution in [0.4, 0.5) is 5.69 Å². The van der Waals surface area contributed by atoms with Gasteiger partial charge in [0.25, 0.3) is 5.91 Å². The SMILES string of the molecule is CC(Nc1cccc(Oc2ccccc2)c1)C(=O)N/N=C/c1c(Cl)cncc1Cl. The third-order valence-corrected chi connectivity index (χ3v) is 4.45. The Balaban J connectivity index is 1.58. The molecule has 3 rings (SSSR count). The number of benzene rings is 2. The summed E-state index contributed by atoms with van der Waals surface area (Å²) in [5, 5.41) is 7.71. The lowest BCUT2D eigenvalue weighted by Gasteiger charge is -2.14. The van der Waals surface area contributed by atoms with Crippen molar-refractivity contribution in [3.8, 4) is 11.5 Å². The van der Waals surface area contributed by atoms with Gasteiger partial charge in [0.2, 0.25) is 0 Å². The van der Waals surface area contributed by atoms with Crippen LogP contribution in [0.25, 0.3) is 0 Å². The number of nitrogens with zero attached hydrogens (tertiary/aromatic N) is 2. The molecule has 1 aromatic heterocycles. The van der Waals surface area contributed by atoms with Gasteiger partial charge in [0.1, 0.15) is 17.5 Å². The first-order chi connectivity index (χ1) is 14.0. The average molecular weight is 429 g/mol. The van der Waals surface area contributed by atoms with Crippen LogP contribution in [0.15, 0.2) is 72.1 Å². The fourth-order valence-corrected chi connectivity index (χ4v) is 2.85. The third kappa shape index (κ3) is 5.94. The van der Waals surface area contributed by atoms with E-state index in [-0.39, 0.29) is 5.91 Å². The van der Waals surface area contributed by atoms with Gasteiger partial charge in [0, 0.05) is 29.7 Å². The van der Waals surface area contributed by atoms with Crippen LogP contribution in [0.2, 0.25) is 10.0 Å². The Bertz CT molecular complexity index is 992. The Morgan fingerprint density at radius 1 is 1.07 bits per heavy atom. The fraction of sp³-hybridized carbons (Fsp3) is 0.0952. The molecule has 0 radical (unpaired) electrons. The highest BCUT2D eigenvalue weighted by atomic mass is 35.5. The molecule has 0 aliphatic rings. The topological polar surface area (TPSA) is 75.6 Å². The van der Waals surface area contributed by atoms with Crippen molar-refractivity contribution in [3.63, 3.8) is 0 Å². The zero-order chi connectivity index (χ0) is 20.6. The molecule has 1 unspecified atom stereocenters. The number of rotatable bonds is 7. The normalized spacial score (nSPS) is 11.8. The number of ether oxygens (including phenoxy) is 1. The number of carbonyl (C=O) groups is 1. The molecular weight excluding hydrogens is 411 g/mol. The minimum Gasteiger partial charge on any atom is -0.457 e. The summed E-state index contributed by atoms with van der Waals surface area (Å²) in [6.07, 6.45) is 4.28. The van der Waals surface area contributed by atoms with Gasteiger partial charge in [0.15, 0.2) is 0 Å². The first-order valence-electron chi connectivity index (χ1n) is 8.74. The molecule has 1 amide bonds. The molecule has 1 heterocycles. The summed E-state index contributed by atoms with van der Waals surface area (Å²) in [5.41, 5.74) is 3.68. The highest BCUT2D eigenvalue weighted by Crippen LogP contribution is 2.24. The number of halogens is 2. The quantitative estimate of drug-likeness (QED) is 0.403. The number of aromatic nitrogens is 1. The number of hydrazone groups is 1. The largest absolute Gasteiger partial charge is 0.457 e. The van der Waals surface area contributed by atoms with E-state index >= 15 is 0 Å². The lowest BCUT2D eigenvalue weighted by atomic mass is 10.2. The number of hydrogen-bond donors (Lipinski definition) is 2. The summed E-state index contributed by atoms with van der Waals surface area (Å²) in [5.74, 6) is 1.07. The molecule has 2 aromatic carbocycles. The number of pyridine rings is 1. The summed E-state index contributed by atoms with van der Waals surface area (Å²) < 4.78 is 5.80. The fourth-order valence-electron chi connectivity index (χ4n) is 2.39. The minimum atomic E-state index is -0.539. The molecule has 148 valence electrons. The van der Waals surface area contributed by atoms with Crippen molar-refractivity contribution < 1.29 is 9.53 Å². The molecular formula is C21H18Cl2N4O2. The van der Waals surface area contributed by atoms with Gasteiger partial charge in [-0.1, -0.05) is 47.5 Å². The zero-order valence-corrected chi connectivity index (χ0v) is 17.0. The maximum atomic E-state index is 12.3. The second-order valence-corrected chi connectivity index (χ2v) is 6.87. The van der Waals surface area contributed by atoms with Crippen molar-refractivity contribution >= 4 is 41.0 Å². The maximum Gasteiger partial charge on any atom is 0.262 e. The van der Waals surface area contributed by atoms with Crippen LogP contribution in [0, 0.1) is 0 Å². The molecule has 29 heavy (non-hydrogen) atoms. The standard InChI is InChI=1S/C21H18Cl2N4O2/c1-14(21(28)27-25-11-18-19(22)12-24-13-20(18)23)26-15-6-5-9-17(10-15)29-16-7-3-2-4-8-16/h2-14,26H,1H3,(H,27,28)/b25-11+. The monoisotopic (exact) mass is 428 g/mol. The molecule has 0 aliphatic carbocycles. The van der Waals surface area contributed by atoms with E-state index in [1.54, 1.807) is 6.92 Å². The van der Waals surface area contributed by atoms with E-state index in [2.05, 4.69) is 20.8 Å². The van der Waals surface area contributed by atoms with Gasteiger partial charge >= 0.3 is 0 Å². The minimum absolute atomic E-state index is 0.322. The first kappa shape index (κ1) is 20.6. The molecule has 0 saturated heterocycles. The van der Waals surface area contributed by atoms with Gasteiger partial charge in [-0.15, -0.1) is 0 Å². The molecule has 0 bridgehead atoms. The molecule has 0 fully saturated rings. The molecule has 1 atom stereocenters. The van der Waals surface area contributed by atoms with Crippen molar-refractivity contribution in [1.29, 1.82) is 0 Å². The van der Waals surface area contributed by atoms with Crippen LogP contribution >= 0.6 is 23.2 Å². The van der Waals surface area contributed by atoms with Crippen LogP contribution in [-0.4, -0.2) is 23.1 Å². The van der Waals surface area contributed by atoms with E-state index < -0.39 is 6.04 Å². The Hall–Kier alpha value is -3.09. The Labute approximate surface area is 178 Å². The summed E-state index contributed by atoms with van der Waals surface area (Å²) in [6, 6.07) is 16.3. The number of nitrogens with one attached hydrogen (secondary N) is 2. The summed E-state index contributed by atoms with van der Waals surface area (Å²) in [6.45, 7) is 1.72. The van der Waals surface area contributed by atoms with E-state index in [1.165, 1.54) is 18.6 Å². The van der Waals surface area contributed by atoms with Crippen molar-refractivity contribution in [1.82, 2.24) is 10.4 Å². The average Bonchev–Trinajstić information content (AvgIpc) is 2.71. The maximum absolute atomic E-state index is 12.3. The van der Waals surface area contributed by atoms with Crippen molar-refractivity contribution in [2.24, 2.45) is 5.10 Å². The zero-order valence-electron chi connectivity index (χ0n) is 15.5. The number of anilines is 1. The molecule has 3 aromatic rings. The molecule has 0 saturated carbocycles. The van der Waals surface area contributed by atoms with Gasteiger partial charge in [-0.2, -0.15) is 5.10 Å².